The second-order valence-corrected chi connectivity index (χ2v) is 6.91. The highest BCUT2D eigenvalue weighted by atomic mass is 16.3. The summed E-state index contributed by atoms with van der Waals surface area (Å²) >= 11 is 0. The number of carbonyl (C=O) groups excluding carboxylic acids is 1. The molecule has 0 N–H and O–H groups in total. The van der Waals surface area contributed by atoms with Gasteiger partial charge < -0.3 is 9.32 Å². The molecule has 2 heterocycles. The third-order valence-electron chi connectivity index (χ3n) is 4.62. The maximum absolute atomic E-state index is 12.8. The van der Waals surface area contributed by atoms with Crippen LogP contribution in [0.2, 0.25) is 0 Å². The van der Waals surface area contributed by atoms with E-state index < -0.39 is 0 Å². The molecule has 6 heteroatoms. The first-order valence-corrected chi connectivity index (χ1v) is 9.08. The molecule has 0 fully saturated rings. The van der Waals surface area contributed by atoms with E-state index in [0.717, 1.165) is 28.5 Å². The van der Waals surface area contributed by atoms with E-state index in [2.05, 4.69) is 11.2 Å². The summed E-state index contributed by atoms with van der Waals surface area (Å²) in [5.74, 6) is 1.77. The van der Waals surface area contributed by atoms with Crippen LogP contribution in [0.5, 0.6) is 0 Å². The normalized spacial score (nSPS) is 11.0. The van der Waals surface area contributed by atoms with Gasteiger partial charge in [-0.1, -0.05) is 0 Å². The average Bonchev–Trinajstić information content (AvgIpc) is 3.11. The number of aromatic nitrogens is 2. The zero-order valence-electron chi connectivity index (χ0n) is 16.4. The molecule has 2 aromatic heterocycles. The third kappa shape index (κ3) is 4.75. The zero-order chi connectivity index (χ0) is 19.3. The number of carbonyl (C=O) groups is 1. The molecule has 0 spiro atoms. The van der Waals surface area contributed by atoms with Crippen molar-refractivity contribution in [2.24, 2.45) is 0 Å². The number of furan rings is 1. The van der Waals surface area contributed by atoms with Crippen molar-refractivity contribution in [3.63, 3.8) is 0 Å². The average molecular weight is 356 g/mol. The van der Waals surface area contributed by atoms with Crippen LogP contribution < -0.4 is 0 Å². The number of hydrogen-bond acceptors (Lipinski definition) is 4. The van der Waals surface area contributed by atoms with E-state index in [1.54, 1.807) is 0 Å². The molecule has 0 aromatic carbocycles. The summed E-state index contributed by atoms with van der Waals surface area (Å²) in [6, 6.07) is 6.09. The Bertz CT molecular complexity index is 795. The lowest BCUT2D eigenvalue weighted by Crippen LogP contribution is -2.36. The van der Waals surface area contributed by atoms with Crippen molar-refractivity contribution >= 4 is 5.91 Å². The quantitative estimate of drug-likeness (QED) is 0.723. The van der Waals surface area contributed by atoms with Crippen LogP contribution in [-0.2, 0) is 24.3 Å². The van der Waals surface area contributed by atoms with Gasteiger partial charge in [0.1, 0.15) is 11.5 Å². The lowest BCUT2D eigenvalue weighted by molar-refractivity contribution is -0.133. The van der Waals surface area contributed by atoms with Crippen LogP contribution in [0, 0.1) is 32.1 Å². The van der Waals surface area contributed by atoms with E-state index in [4.69, 9.17) is 9.68 Å². The first kappa shape index (κ1) is 19.8. The van der Waals surface area contributed by atoms with Crippen LogP contribution in [-0.4, -0.2) is 26.6 Å². The predicted molar refractivity (Wildman–Crippen MR) is 99.4 cm³/mol. The fourth-order valence-corrected chi connectivity index (χ4v) is 3.14. The van der Waals surface area contributed by atoms with Gasteiger partial charge in [0.15, 0.2) is 0 Å². The van der Waals surface area contributed by atoms with E-state index in [9.17, 15) is 4.79 Å². The molecule has 1 amide bonds. The molecular formula is C20H28N4O2. The number of amides is 1. The SMILES string of the molecule is Cc1ccc(CN(C(=O)CCc2c(C)nn(CCC#N)c2C)C(C)C)o1. The van der Waals surface area contributed by atoms with Crippen LogP contribution in [0.3, 0.4) is 0 Å². The van der Waals surface area contributed by atoms with Gasteiger partial charge in [0.05, 0.1) is 31.3 Å². The highest BCUT2D eigenvalue weighted by Crippen LogP contribution is 2.18. The molecule has 0 saturated heterocycles. The molecule has 26 heavy (non-hydrogen) atoms. The smallest absolute Gasteiger partial charge is 0.223 e. The molecular weight excluding hydrogens is 328 g/mol. The maximum Gasteiger partial charge on any atom is 0.223 e. The highest BCUT2D eigenvalue weighted by molar-refractivity contribution is 5.76. The van der Waals surface area contributed by atoms with Crippen LogP contribution in [0.1, 0.15) is 55.2 Å². The Kier molecular flexibility index (Phi) is 6.62. The second-order valence-electron chi connectivity index (χ2n) is 6.91. The standard InChI is InChI=1S/C20H28N4O2/c1-14(2)23(13-18-8-7-15(3)26-18)20(25)10-9-19-16(4)22-24(17(19)5)12-6-11-21/h7-8,14H,6,9-10,12-13H2,1-5H3. The Morgan fingerprint density at radius 3 is 2.65 bits per heavy atom. The number of nitrogens with zero attached hydrogens (tertiary/aromatic N) is 4. The predicted octanol–water partition coefficient (Wildman–Crippen LogP) is 3.68. The Morgan fingerprint density at radius 2 is 2.08 bits per heavy atom. The van der Waals surface area contributed by atoms with Crippen molar-refractivity contribution in [3.05, 3.63) is 40.6 Å². The van der Waals surface area contributed by atoms with Gasteiger partial charge in [0.25, 0.3) is 0 Å². The number of nitriles is 1. The van der Waals surface area contributed by atoms with Crippen molar-refractivity contribution < 1.29 is 9.21 Å². The van der Waals surface area contributed by atoms with Crippen molar-refractivity contribution in [1.82, 2.24) is 14.7 Å². The summed E-state index contributed by atoms with van der Waals surface area (Å²) < 4.78 is 7.49. The third-order valence-corrected chi connectivity index (χ3v) is 4.62. The maximum atomic E-state index is 12.8. The fourth-order valence-electron chi connectivity index (χ4n) is 3.14. The van der Waals surface area contributed by atoms with Crippen LogP contribution in [0.15, 0.2) is 16.5 Å². The topological polar surface area (TPSA) is 75.1 Å². The molecule has 0 aliphatic heterocycles. The molecule has 0 atom stereocenters. The summed E-state index contributed by atoms with van der Waals surface area (Å²) in [6.45, 7) is 11.0. The Balaban J connectivity index is 2.04. The van der Waals surface area contributed by atoms with Gasteiger partial charge in [0, 0.05) is 18.2 Å². The Morgan fingerprint density at radius 1 is 1.35 bits per heavy atom. The van der Waals surface area contributed by atoms with Crippen molar-refractivity contribution in [2.75, 3.05) is 0 Å². The van der Waals surface area contributed by atoms with E-state index in [-0.39, 0.29) is 11.9 Å². The van der Waals surface area contributed by atoms with Gasteiger partial charge in [-0.25, -0.2) is 0 Å². The van der Waals surface area contributed by atoms with Gasteiger partial charge in [-0.15, -0.1) is 0 Å². The molecule has 0 bridgehead atoms. The summed E-state index contributed by atoms with van der Waals surface area (Å²) in [6.07, 6.45) is 1.52. The minimum Gasteiger partial charge on any atom is -0.464 e. The molecule has 6 nitrogen and oxygen atoms in total. The van der Waals surface area contributed by atoms with E-state index in [1.807, 2.05) is 56.3 Å². The largest absolute Gasteiger partial charge is 0.464 e. The lowest BCUT2D eigenvalue weighted by Gasteiger charge is -2.26. The molecule has 2 rings (SSSR count). The second kappa shape index (κ2) is 8.70. The Hall–Kier alpha value is -2.55. The van der Waals surface area contributed by atoms with Gasteiger partial charge in [-0.2, -0.15) is 10.4 Å². The monoisotopic (exact) mass is 356 g/mol. The summed E-state index contributed by atoms with van der Waals surface area (Å²) in [4.78, 5) is 14.6. The van der Waals surface area contributed by atoms with E-state index in [1.165, 1.54) is 0 Å². The molecule has 0 radical (unpaired) electrons. The lowest BCUT2D eigenvalue weighted by atomic mass is 10.1. The van der Waals surface area contributed by atoms with Crippen LogP contribution in [0.4, 0.5) is 0 Å². The zero-order valence-corrected chi connectivity index (χ0v) is 16.4. The van der Waals surface area contributed by atoms with Gasteiger partial charge in [0.2, 0.25) is 5.91 Å². The van der Waals surface area contributed by atoms with Gasteiger partial charge in [-0.05, 0) is 58.7 Å². The van der Waals surface area contributed by atoms with E-state index in [0.29, 0.717) is 32.4 Å². The number of hydrogen-bond donors (Lipinski definition) is 0. The van der Waals surface area contributed by atoms with Crippen LogP contribution in [0.25, 0.3) is 0 Å². The molecule has 0 saturated carbocycles. The van der Waals surface area contributed by atoms with Crippen LogP contribution >= 0.6 is 0 Å². The number of rotatable bonds is 8. The first-order chi connectivity index (χ1) is 12.3. The minimum atomic E-state index is 0.105. The summed E-state index contributed by atoms with van der Waals surface area (Å²) in [5, 5.41) is 13.3. The van der Waals surface area contributed by atoms with Crippen molar-refractivity contribution in [1.29, 1.82) is 5.26 Å². The van der Waals surface area contributed by atoms with Crippen molar-refractivity contribution in [2.45, 2.75) is 73.0 Å². The highest BCUT2D eigenvalue weighted by Gasteiger charge is 2.20. The molecule has 140 valence electrons. The summed E-state index contributed by atoms with van der Waals surface area (Å²) in [7, 11) is 0. The summed E-state index contributed by atoms with van der Waals surface area (Å²) in [5.41, 5.74) is 3.09. The molecule has 0 aliphatic carbocycles. The number of aryl methyl sites for hydroxylation is 3. The minimum absolute atomic E-state index is 0.105. The fraction of sp³-hybridized carbons (Fsp3) is 0.550. The van der Waals surface area contributed by atoms with Gasteiger partial charge >= 0.3 is 0 Å². The van der Waals surface area contributed by atoms with E-state index >= 15 is 0 Å². The molecule has 0 aliphatic rings. The van der Waals surface area contributed by atoms with Gasteiger partial charge in [-0.3, -0.25) is 9.48 Å². The Labute approximate surface area is 155 Å². The first-order valence-electron chi connectivity index (χ1n) is 9.08. The van der Waals surface area contributed by atoms with Crippen molar-refractivity contribution in [3.8, 4) is 6.07 Å². The molecule has 0 unspecified atom stereocenters. The molecule has 2 aromatic rings.